The molecule has 0 aliphatic heterocycles. The number of rotatable bonds is 15. The fourth-order valence-corrected chi connectivity index (χ4v) is 3.50. The molecule has 0 atom stereocenters. The summed E-state index contributed by atoms with van der Waals surface area (Å²) >= 11 is 0. The van der Waals surface area contributed by atoms with Crippen molar-refractivity contribution in [3.8, 4) is 11.6 Å². The molecule has 9 nitrogen and oxygen atoms in total. The average molecular weight is 529 g/mol. The summed E-state index contributed by atoms with van der Waals surface area (Å²) < 4.78 is 50.3. The number of benzene rings is 1. The topological polar surface area (TPSA) is 115 Å². The number of aromatic nitrogens is 3. The van der Waals surface area contributed by atoms with E-state index in [4.69, 9.17) is 9.47 Å². The van der Waals surface area contributed by atoms with Crippen LogP contribution >= 0.6 is 0 Å². The van der Waals surface area contributed by atoms with E-state index in [9.17, 15) is 32.7 Å². The Labute approximate surface area is 212 Å². The molecule has 0 N–H and O–H groups in total. The van der Waals surface area contributed by atoms with Crippen LogP contribution in [0.4, 0.5) is 13.2 Å². The number of nitrogens with zero attached hydrogens (tertiary/aromatic N) is 3. The zero-order chi connectivity index (χ0) is 27.6. The highest BCUT2D eigenvalue weighted by Gasteiger charge is 2.26. The van der Waals surface area contributed by atoms with Crippen molar-refractivity contribution in [3.05, 3.63) is 50.7 Å². The molecule has 0 aliphatic rings. The van der Waals surface area contributed by atoms with Crippen LogP contribution in [0.2, 0.25) is 0 Å². The summed E-state index contributed by atoms with van der Waals surface area (Å²) in [5.41, 5.74) is -2.09. The van der Waals surface area contributed by atoms with Gasteiger partial charge in [0, 0.05) is 19.5 Å². The fourth-order valence-electron chi connectivity index (χ4n) is 3.50. The van der Waals surface area contributed by atoms with E-state index in [1.807, 2.05) is 6.07 Å². The fraction of sp³-hybridized carbons (Fsp3) is 0.600. The van der Waals surface area contributed by atoms with Gasteiger partial charge in [-0.1, -0.05) is 19.1 Å². The monoisotopic (exact) mass is 528 g/mol. The third-order valence-corrected chi connectivity index (χ3v) is 5.48. The Morgan fingerprint density at radius 3 is 2.46 bits per heavy atom. The van der Waals surface area contributed by atoms with Crippen LogP contribution in [0.1, 0.15) is 64.9 Å². The largest absolute Gasteiger partial charge is 0.546 e. The molecule has 0 unspecified atom stereocenters. The summed E-state index contributed by atoms with van der Waals surface area (Å²) in [5, 5.41) is 15.1. The molecule has 0 aliphatic carbocycles. The lowest BCUT2D eigenvalue weighted by molar-refractivity contribution is -0.320. The maximum atomic E-state index is 12.6. The Hall–Kier alpha value is -3.31. The number of hydrogen-bond acceptors (Lipinski definition) is 7. The predicted octanol–water partition coefficient (Wildman–Crippen LogP) is 2.86. The van der Waals surface area contributed by atoms with Gasteiger partial charge in [-0.2, -0.15) is 13.2 Å². The SMILES string of the molecule is CCCn1nc(OCCCCCc2cccc(OC(C)(C)C(=O)[O-])c2)c(=O)n(CCCC(F)(F)F)c1=O. The highest BCUT2D eigenvalue weighted by molar-refractivity contribution is 5.74. The van der Waals surface area contributed by atoms with Crippen LogP contribution in [0.5, 0.6) is 11.6 Å². The Balaban J connectivity index is 1.91. The maximum Gasteiger partial charge on any atom is 0.389 e. The van der Waals surface area contributed by atoms with Gasteiger partial charge in [0.2, 0.25) is 0 Å². The minimum absolute atomic E-state index is 0.151. The number of aliphatic carboxylic acids is 1. The van der Waals surface area contributed by atoms with Crippen LogP contribution in [-0.4, -0.2) is 38.7 Å². The van der Waals surface area contributed by atoms with Gasteiger partial charge in [-0.05, 0) is 70.1 Å². The molecule has 0 fully saturated rings. The van der Waals surface area contributed by atoms with Crippen molar-refractivity contribution < 1.29 is 32.5 Å². The van der Waals surface area contributed by atoms with Gasteiger partial charge in [-0.15, -0.1) is 5.10 Å². The second-order valence-electron chi connectivity index (χ2n) is 9.19. The zero-order valence-corrected chi connectivity index (χ0v) is 21.3. The molecular weight excluding hydrogens is 495 g/mol. The number of ether oxygens (including phenoxy) is 2. The molecular formula is C25H33F3N3O6-. The number of alkyl halides is 3. The van der Waals surface area contributed by atoms with E-state index < -0.39 is 41.8 Å². The van der Waals surface area contributed by atoms with Crippen molar-refractivity contribution in [2.75, 3.05) is 6.61 Å². The molecule has 1 heterocycles. The lowest BCUT2D eigenvalue weighted by atomic mass is 10.1. The minimum Gasteiger partial charge on any atom is -0.546 e. The van der Waals surface area contributed by atoms with Crippen LogP contribution in [0.25, 0.3) is 0 Å². The standard InChI is InChI=1S/C25H34F3N3O6/c1-4-14-31-23(35)30(15-9-13-25(26,27)28)21(32)20(29-31)36-16-7-5-6-10-18-11-8-12-19(17-18)37-24(2,3)22(33)34/h8,11-12,17H,4-7,9-10,13-16H2,1-3H3,(H,33,34)/p-1. The lowest BCUT2D eigenvalue weighted by Crippen LogP contribution is -2.47. The highest BCUT2D eigenvalue weighted by Crippen LogP contribution is 2.22. The second-order valence-corrected chi connectivity index (χ2v) is 9.19. The Morgan fingerprint density at radius 1 is 1.08 bits per heavy atom. The summed E-state index contributed by atoms with van der Waals surface area (Å²) in [7, 11) is 0. The van der Waals surface area contributed by atoms with Crippen molar-refractivity contribution in [1.29, 1.82) is 0 Å². The first-order chi connectivity index (χ1) is 17.3. The van der Waals surface area contributed by atoms with Crippen molar-refractivity contribution in [2.45, 2.75) is 90.6 Å². The lowest BCUT2D eigenvalue weighted by Gasteiger charge is -2.27. The molecule has 206 valence electrons. The zero-order valence-electron chi connectivity index (χ0n) is 21.3. The summed E-state index contributed by atoms with van der Waals surface area (Å²) in [5.74, 6) is -1.19. The van der Waals surface area contributed by atoms with Gasteiger partial charge >= 0.3 is 17.4 Å². The Morgan fingerprint density at radius 2 is 1.81 bits per heavy atom. The third-order valence-electron chi connectivity index (χ3n) is 5.48. The number of carbonyl (C=O) groups is 1. The van der Waals surface area contributed by atoms with E-state index in [1.165, 1.54) is 13.8 Å². The van der Waals surface area contributed by atoms with E-state index in [0.717, 1.165) is 27.7 Å². The summed E-state index contributed by atoms with van der Waals surface area (Å²) in [4.78, 5) is 36.2. The average Bonchev–Trinajstić information content (AvgIpc) is 2.80. The summed E-state index contributed by atoms with van der Waals surface area (Å²) in [6, 6.07) is 7.11. The number of hydrogen-bond donors (Lipinski definition) is 0. The predicted molar refractivity (Wildman–Crippen MR) is 128 cm³/mol. The normalized spacial score (nSPS) is 11.9. The van der Waals surface area contributed by atoms with E-state index in [1.54, 1.807) is 25.1 Å². The molecule has 0 amide bonds. The number of carboxylic acid groups (broad SMARTS) is 1. The Kier molecular flexibility index (Phi) is 10.8. The maximum absolute atomic E-state index is 12.6. The first-order valence-electron chi connectivity index (χ1n) is 12.2. The van der Waals surface area contributed by atoms with Crippen molar-refractivity contribution in [2.24, 2.45) is 0 Å². The molecule has 0 saturated heterocycles. The van der Waals surface area contributed by atoms with Gasteiger partial charge in [0.25, 0.3) is 5.88 Å². The first-order valence-corrected chi connectivity index (χ1v) is 12.2. The summed E-state index contributed by atoms with van der Waals surface area (Å²) in [6.45, 7) is 4.61. The molecule has 2 rings (SSSR count). The van der Waals surface area contributed by atoms with Gasteiger partial charge < -0.3 is 19.4 Å². The van der Waals surface area contributed by atoms with Crippen LogP contribution in [0.3, 0.4) is 0 Å². The van der Waals surface area contributed by atoms with E-state index in [-0.39, 0.29) is 25.6 Å². The van der Waals surface area contributed by atoms with Gasteiger partial charge in [0.15, 0.2) is 0 Å². The van der Waals surface area contributed by atoms with E-state index in [2.05, 4.69) is 5.10 Å². The van der Waals surface area contributed by atoms with Crippen molar-refractivity contribution in [1.82, 2.24) is 14.3 Å². The van der Waals surface area contributed by atoms with Crippen molar-refractivity contribution in [3.63, 3.8) is 0 Å². The quantitative estimate of drug-likeness (QED) is 0.327. The molecule has 12 heteroatoms. The van der Waals surface area contributed by atoms with Gasteiger partial charge in [-0.25, -0.2) is 9.48 Å². The molecule has 0 bridgehead atoms. The smallest absolute Gasteiger partial charge is 0.389 e. The molecule has 0 saturated carbocycles. The minimum atomic E-state index is -4.38. The van der Waals surface area contributed by atoms with E-state index in [0.29, 0.717) is 25.0 Å². The molecule has 2 aromatic rings. The second kappa shape index (κ2) is 13.3. The van der Waals surface area contributed by atoms with E-state index >= 15 is 0 Å². The number of aryl methyl sites for hydroxylation is 2. The van der Waals surface area contributed by atoms with Gasteiger partial charge in [0.05, 0.1) is 12.6 Å². The first kappa shape index (κ1) is 29.9. The molecule has 0 radical (unpaired) electrons. The Bertz CT molecular complexity index is 1160. The molecule has 37 heavy (non-hydrogen) atoms. The van der Waals surface area contributed by atoms with Gasteiger partial charge in [0.1, 0.15) is 11.4 Å². The van der Waals surface area contributed by atoms with Crippen LogP contribution in [-0.2, 0) is 24.3 Å². The molecule has 0 spiro atoms. The highest BCUT2D eigenvalue weighted by atomic mass is 19.4. The van der Waals surface area contributed by atoms with Crippen molar-refractivity contribution >= 4 is 5.97 Å². The number of halogens is 3. The molecule has 1 aromatic carbocycles. The van der Waals surface area contributed by atoms with Crippen LogP contribution in [0.15, 0.2) is 33.9 Å². The third kappa shape index (κ3) is 9.58. The number of carboxylic acids is 1. The van der Waals surface area contributed by atoms with Crippen LogP contribution in [0, 0.1) is 0 Å². The summed E-state index contributed by atoms with van der Waals surface area (Å²) in [6.07, 6.45) is -2.53. The number of carbonyl (C=O) groups excluding carboxylic acids is 1. The molecule has 1 aromatic heterocycles. The van der Waals surface area contributed by atoms with Gasteiger partial charge in [-0.3, -0.25) is 9.36 Å². The number of unbranched alkanes of at least 4 members (excludes halogenated alkanes) is 2. The van der Waals surface area contributed by atoms with Crippen LogP contribution < -0.4 is 25.8 Å².